The molecule has 1 N–H and O–H groups in total. The second-order valence-corrected chi connectivity index (χ2v) is 7.50. The quantitative estimate of drug-likeness (QED) is 0.294. The summed E-state index contributed by atoms with van der Waals surface area (Å²) in [4.78, 5) is 1.28. The van der Waals surface area contributed by atoms with Gasteiger partial charge >= 0.3 is 33.0 Å². The van der Waals surface area contributed by atoms with Crippen molar-refractivity contribution in [2.75, 3.05) is 6.26 Å². The van der Waals surface area contributed by atoms with E-state index >= 15 is 0 Å². The molecule has 0 saturated heterocycles. The molecule has 0 aromatic heterocycles. The minimum absolute atomic E-state index is 0.346. The number of halogens is 6. The molecule has 1 nitrogen and oxygen atoms in total. The third-order valence-electron chi connectivity index (χ3n) is 2.54. The number of thiol groups is 1. The Morgan fingerprint density at radius 2 is 1.43 bits per heavy atom. The van der Waals surface area contributed by atoms with E-state index in [1.54, 1.807) is 6.07 Å². The van der Waals surface area contributed by atoms with Gasteiger partial charge in [0.1, 0.15) is 12.0 Å². The van der Waals surface area contributed by atoms with Crippen LogP contribution in [0.2, 0.25) is 0 Å². The van der Waals surface area contributed by atoms with Crippen LogP contribution in [0.15, 0.2) is 53.4 Å². The van der Waals surface area contributed by atoms with E-state index in [9.17, 15) is 30.3 Å². The first kappa shape index (κ1) is 19.6. The fourth-order valence-corrected chi connectivity index (χ4v) is 2.40. The summed E-state index contributed by atoms with van der Waals surface area (Å²) in [6, 6.07) is 15.9. The van der Waals surface area contributed by atoms with Crippen LogP contribution in [0.5, 0.6) is 5.75 Å². The second-order valence-electron chi connectivity index (χ2n) is 4.66. The van der Waals surface area contributed by atoms with Crippen molar-refractivity contribution >= 4 is 19.6 Å². The third kappa shape index (κ3) is 10.9. The van der Waals surface area contributed by atoms with Crippen LogP contribution in [-0.4, -0.2) is 11.4 Å². The zero-order chi connectivity index (χ0) is 17.8. The SMILES string of the molecule is C[SH+]c1ccc(O)cc1Cc1ccccc1.F[P-](F)(F)(F)(F)F. The zero-order valence-corrected chi connectivity index (χ0v) is 13.7. The Balaban J connectivity index is 0.000000322. The van der Waals surface area contributed by atoms with Gasteiger partial charge in [0.25, 0.3) is 0 Å². The first-order valence-electron chi connectivity index (χ1n) is 6.26. The summed E-state index contributed by atoms with van der Waals surface area (Å²) in [5, 5.41) is 9.51. The van der Waals surface area contributed by atoms with Gasteiger partial charge in [0, 0.05) is 23.7 Å². The van der Waals surface area contributed by atoms with Crippen LogP contribution in [0.25, 0.3) is 0 Å². The monoisotopic (exact) mass is 376 g/mol. The van der Waals surface area contributed by atoms with Crippen molar-refractivity contribution in [2.45, 2.75) is 11.3 Å². The van der Waals surface area contributed by atoms with Gasteiger partial charge < -0.3 is 5.11 Å². The molecule has 0 aliphatic rings. The molecule has 0 amide bonds. The van der Waals surface area contributed by atoms with Gasteiger partial charge in [0.05, 0.1) is 0 Å². The number of rotatable bonds is 3. The maximum atomic E-state index is 9.87. The number of hydrogen-bond acceptors (Lipinski definition) is 1. The van der Waals surface area contributed by atoms with Gasteiger partial charge in [0.2, 0.25) is 0 Å². The molecule has 0 radical (unpaired) electrons. The van der Waals surface area contributed by atoms with Gasteiger partial charge in [-0.1, -0.05) is 30.3 Å². The van der Waals surface area contributed by atoms with E-state index in [1.807, 2.05) is 30.3 Å². The van der Waals surface area contributed by atoms with Gasteiger partial charge in [0.15, 0.2) is 4.90 Å². The Kier molecular flexibility index (Phi) is 5.33. The van der Waals surface area contributed by atoms with Crippen molar-refractivity contribution in [1.82, 2.24) is 0 Å². The van der Waals surface area contributed by atoms with Crippen LogP contribution in [0, 0.1) is 0 Å². The van der Waals surface area contributed by atoms with Crippen LogP contribution in [0.1, 0.15) is 11.1 Å². The number of phenols is 1. The van der Waals surface area contributed by atoms with Crippen molar-refractivity contribution in [2.24, 2.45) is 0 Å². The molecule has 0 heterocycles. The Morgan fingerprint density at radius 1 is 0.913 bits per heavy atom. The van der Waals surface area contributed by atoms with Crippen LogP contribution < -0.4 is 0 Å². The summed E-state index contributed by atoms with van der Waals surface area (Å²) in [7, 11) is -10.7. The average molecular weight is 376 g/mol. The molecule has 9 heteroatoms. The second kappa shape index (κ2) is 6.24. The van der Waals surface area contributed by atoms with Gasteiger partial charge in [-0.25, -0.2) is 0 Å². The summed E-state index contributed by atoms with van der Waals surface area (Å²) in [5.74, 6) is 0.346. The summed E-state index contributed by atoms with van der Waals surface area (Å²) >= 11 is 1.24. The Morgan fingerprint density at radius 3 is 1.91 bits per heavy atom. The van der Waals surface area contributed by atoms with Crippen LogP contribution in [0.3, 0.4) is 0 Å². The fraction of sp³-hybridized carbons (Fsp3) is 0.143. The average Bonchev–Trinajstić information content (AvgIpc) is 2.36. The van der Waals surface area contributed by atoms with E-state index < -0.39 is 7.81 Å². The normalized spacial score (nSPS) is 14.2. The number of phenolic OH excluding ortho intramolecular Hbond substituents is 1. The van der Waals surface area contributed by atoms with E-state index in [1.165, 1.54) is 27.8 Å². The van der Waals surface area contributed by atoms with Crippen molar-refractivity contribution < 1.29 is 30.3 Å². The molecule has 2 rings (SSSR count). The van der Waals surface area contributed by atoms with E-state index in [-0.39, 0.29) is 0 Å². The molecule has 23 heavy (non-hydrogen) atoms. The molecule has 2 aromatic rings. The molecule has 0 aliphatic heterocycles. The molecule has 2 aromatic carbocycles. The predicted octanol–water partition coefficient (Wildman–Crippen LogP) is 6.17. The molecule has 0 spiro atoms. The Bertz CT molecular complexity index is 646. The van der Waals surface area contributed by atoms with Crippen LogP contribution >= 0.6 is 7.81 Å². The topological polar surface area (TPSA) is 20.2 Å². The number of benzene rings is 2. The Labute approximate surface area is 133 Å². The molecule has 0 unspecified atom stereocenters. The van der Waals surface area contributed by atoms with Crippen LogP contribution in [-0.2, 0) is 18.2 Å². The van der Waals surface area contributed by atoms with E-state index in [0.717, 1.165) is 6.42 Å². The third-order valence-corrected chi connectivity index (χ3v) is 3.46. The fourth-order valence-electron chi connectivity index (χ4n) is 1.75. The number of hydrogen-bond donors (Lipinski definition) is 1. The molecule has 0 aliphatic carbocycles. The van der Waals surface area contributed by atoms with Gasteiger partial charge in [-0.3, -0.25) is 0 Å². The summed E-state index contributed by atoms with van der Waals surface area (Å²) in [5.41, 5.74) is 2.48. The van der Waals surface area contributed by atoms with Gasteiger partial charge in [-0.05, 0) is 23.8 Å². The first-order valence-corrected chi connectivity index (χ1v) is 9.63. The minimum atomic E-state index is -10.7. The van der Waals surface area contributed by atoms with Crippen molar-refractivity contribution in [3.8, 4) is 5.75 Å². The summed E-state index contributed by atoms with van der Waals surface area (Å²) in [6.07, 6.45) is 2.99. The van der Waals surface area contributed by atoms with E-state index in [2.05, 4.69) is 18.4 Å². The molecular weight excluding hydrogens is 361 g/mol. The van der Waals surface area contributed by atoms with Gasteiger partial charge in [-0.15, -0.1) is 0 Å². The molecular formula is C14H15F6OPS. The van der Waals surface area contributed by atoms with E-state index in [0.29, 0.717) is 5.75 Å². The van der Waals surface area contributed by atoms with Crippen molar-refractivity contribution in [1.29, 1.82) is 0 Å². The number of aromatic hydroxyl groups is 1. The van der Waals surface area contributed by atoms with Crippen molar-refractivity contribution in [3.05, 3.63) is 59.7 Å². The van der Waals surface area contributed by atoms with E-state index in [4.69, 9.17) is 0 Å². The maximum absolute atomic E-state index is 10.7. The first-order chi connectivity index (χ1) is 10.2. The van der Waals surface area contributed by atoms with Crippen molar-refractivity contribution in [3.63, 3.8) is 0 Å². The summed E-state index contributed by atoms with van der Waals surface area (Å²) < 4.78 is 59.2. The standard InChI is InChI=1S/C14H14OS.F6P/c1-16-14-8-7-13(15)10-12(14)9-11-5-3-2-4-6-11;1-7(2,3,4,5)6/h2-8,10,15H,9H2,1H3;/q;-1/p+1. The molecule has 130 valence electrons. The molecule has 0 fully saturated rings. The molecule has 0 bridgehead atoms. The summed E-state index contributed by atoms with van der Waals surface area (Å²) in [6.45, 7) is 0. The predicted molar refractivity (Wildman–Crippen MR) is 83.9 cm³/mol. The van der Waals surface area contributed by atoms with Gasteiger partial charge in [-0.2, -0.15) is 0 Å². The molecule has 0 saturated carbocycles. The zero-order valence-electron chi connectivity index (χ0n) is 11.9. The van der Waals surface area contributed by atoms with Crippen LogP contribution in [0.4, 0.5) is 25.2 Å². The Hall–Kier alpha value is -1.40. The molecule has 0 atom stereocenters.